The van der Waals surface area contributed by atoms with Gasteiger partial charge in [-0.05, 0) is 52.0 Å². The third-order valence-corrected chi connectivity index (χ3v) is 5.47. The molecule has 0 aliphatic heterocycles. The lowest BCUT2D eigenvalue weighted by Gasteiger charge is -2.12. The number of aromatic nitrogens is 2. The van der Waals surface area contributed by atoms with Crippen LogP contribution in [0.4, 0.5) is 0 Å². The predicted octanol–water partition coefficient (Wildman–Crippen LogP) is 4.52. The van der Waals surface area contributed by atoms with Crippen molar-refractivity contribution in [2.75, 3.05) is 13.7 Å². The Morgan fingerprint density at radius 1 is 1.15 bits per heavy atom. The van der Waals surface area contributed by atoms with E-state index in [1.54, 1.807) is 24.3 Å². The van der Waals surface area contributed by atoms with Gasteiger partial charge in [0.2, 0.25) is 5.78 Å². The molecular weight excluding hydrogens is 424 g/mol. The van der Waals surface area contributed by atoms with Gasteiger partial charge in [-0.1, -0.05) is 11.2 Å². The molecule has 0 spiro atoms. The fourth-order valence-corrected chi connectivity index (χ4v) is 3.56. The van der Waals surface area contributed by atoms with Crippen molar-refractivity contribution in [1.82, 2.24) is 9.72 Å². The third-order valence-electron chi connectivity index (χ3n) is 5.47. The van der Waals surface area contributed by atoms with Crippen LogP contribution in [-0.4, -0.2) is 35.2 Å². The highest BCUT2D eigenvalue weighted by Crippen LogP contribution is 2.30. The van der Waals surface area contributed by atoms with Gasteiger partial charge in [-0.2, -0.15) is 0 Å². The van der Waals surface area contributed by atoms with Gasteiger partial charge in [0, 0.05) is 23.5 Å². The molecule has 0 fully saturated rings. The number of nitrogens with zero attached hydrogens (tertiary/aromatic N) is 2. The number of benzene rings is 1. The van der Waals surface area contributed by atoms with Crippen LogP contribution >= 0.6 is 0 Å². The maximum atomic E-state index is 12.6. The summed E-state index contributed by atoms with van der Waals surface area (Å²) in [5, 5.41) is 3.90. The van der Waals surface area contributed by atoms with Crippen molar-refractivity contribution in [3.05, 3.63) is 76.5 Å². The number of rotatable bonds is 10. The van der Waals surface area contributed by atoms with Crippen molar-refractivity contribution >= 4 is 11.8 Å². The van der Waals surface area contributed by atoms with Gasteiger partial charge in [0.15, 0.2) is 18.1 Å². The SMILES string of the molecule is C=CCn1c(C)cc(C(=O)COC(=O)c2ccc(OCc3c(C)noc3C)c(OC)c2)c1C. The first-order valence-electron chi connectivity index (χ1n) is 10.5. The van der Waals surface area contributed by atoms with Gasteiger partial charge in [-0.3, -0.25) is 4.79 Å². The average Bonchev–Trinajstić information content (AvgIpc) is 3.28. The number of allylic oxidation sites excluding steroid dienone is 1. The van der Waals surface area contributed by atoms with E-state index >= 15 is 0 Å². The summed E-state index contributed by atoms with van der Waals surface area (Å²) in [7, 11) is 1.48. The number of Topliss-reactive ketones (excluding diaryl/α,β-unsaturated/α-hetero) is 1. The van der Waals surface area contributed by atoms with Crippen LogP contribution in [0.1, 0.15) is 49.1 Å². The summed E-state index contributed by atoms with van der Waals surface area (Å²) in [6.45, 7) is 11.7. The summed E-state index contributed by atoms with van der Waals surface area (Å²) in [6, 6.07) is 6.50. The molecule has 8 heteroatoms. The molecular formula is C25H28N2O6. The van der Waals surface area contributed by atoms with Crippen molar-refractivity contribution < 1.29 is 28.3 Å². The normalized spacial score (nSPS) is 10.7. The van der Waals surface area contributed by atoms with Crippen LogP contribution in [0.3, 0.4) is 0 Å². The zero-order chi connectivity index (χ0) is 24.1. The number of hydrogen-bond donors (Lipinski definition) is 0. The summed E-state index contributed by atoms with van der Waals surface area (Å²) in [4.78, 5) is 25.2. The van der Waals surface area contributed by atoms with E-state index in [9.17, 15) is 9.59 Å². The zero-order valence-corrected chi connectivity index (χ0v) is 19.6. The fraction of sp³-hybridized carbons (Fsp3) is 0.320. The van der Waals surface area contributed by atoms with E-state index in [1.165, 1.54) is 13.2 Å². The quantitative estimate of drug-likeness (QED) is 0.254. The van der Waals surface area contributed by atoms with Gasteiger partial charge < -0.3 is 23.3 Å². The first-order valence-corrected chi connectivity index (χ1v) is 10.5. The highest BCUT2D eigenvalue weighted by atomic mass is 16.5. The number of ether oxygens (including phenoxy) is 3. The fourth-order valence-electron chi connectivity index (χ4n) is 3.56. The van der Waals surface area contributed by atoms with Gasteiger partial charge in [-0.15, -0.1) is 6.58 Å². The van der Waals surface area contributed by atoms with E-state index in [4.69, 9.17) is 18.7 Å². The molecule has 0 aliphatic carbocycles. The van der Waals surface area contributed by atoms with Gasteiger partial charge in [0.05, 0.1) is 23.9 Å². The Bertz CT molecular complexity index is 1170. The second-order valence-electron chi connectivity index (χ2n) is 7.64. The van der Waals surface area contributed by atoms with Gasteiger partial charge in [0.1, 0.15) is 12.4 Å². The standard InChI is InChI=1S/C25H28N2O6/c1-7-10-27-15(2)11-20(17(27)4)22(28)14-32-25(29)19-8-9-23(24(12-19)30-6)31-13-21-16(3)26-33-18(21)5/h7-9,11-12H,1,10,13-14H2,2-6H3. The van der Waals surface area contributed by atoms with Gasteiger partial charge in [0.25, 0.3) is 0 Å². The topological polar surface area (TPSA) is 92.8 Å². The molecule has 0 aliphatic rings. The summed E-state index contributed by atoms with van der Waals surface area (Å²) in [6.07, 6.45) is 1.77. The molecule has 3 rings (SSSR count). The predicted molar refractivity (Wildman–Crippen MR) is 122 cm³/mol. The minimum Gasteiger partial charge on any atom is -0.493 e. The number of ketones is 1. The monoisotopic (exact) mass is 452 g/mol. The Morgan fingerprint density at radius 2 is 1.91 bits per heavy atom. The summed E-state index contributed by atoms with van der Waals surface area (Å²) in [5.74, 6) is 0.619. The number of esters is 1. The highest BCUT2D eigenvalue weighted by molar-refractivity contribution is 6.00. The minimum atomic E-state index is -0.626. The van der Waals surface area contributed by atoms with Crippen molar-refractivity contribution in [3.63, 3.8) is 0 Å². The average molecular weight is 453 g/mol. The van der Waals surface area contributed by atoms with Crippen LogP contribution in [-0.2, 0) is 17.9 Å². The molecule has 0 amide bonds. The molecule has 1 aromatic carbocycles. The Labute approximate surface area is 192 Å². The van der Waals surface area contributed by atoms with Crippen molar-refractivity contribution in [3.8, 4) is 11.5 Å². The Morgan fingerprint density at radius 3 is 2.55 bits per heavy atom. The van der Waals surface area contributed by atoms with E-state index in [0.717, 1.165) is 22.6 Å². The highest BCUT2D eigenvalue weighted by Gasteiger charge is 2.19. The lowest BCUT2D eigenvalue weighted by Crippen LogP contribution is -2.15. The van der Waals surface area contributed by atoms with E-state index in [0.29, 0.717) is 29.4 Å². The van der Waals surface area contributed by atoms with Gasteiger partial charge in [-0.25, -0.2) is 4.79 Å². The van der Waals surface area contributed by atoms with Crippen LogP contribution in [0.2, 0.25) is 0 Å². The lowest BCUT2D eigenvalue weighted by molar-refractivity contribution is 0.0474. The number of aryl methyl sites for hydroxylation is 3. The smallest absolute Gasteiger partial charge is 0.338 e. The number of carbonyl (C=O) groups excluding carboxylic acids is 2. The first-order chi connectivity index (χ1) is 15.8. The number of hydrogen-bond acceptors (Lipinski definition) is 7. The van der Waals surface area contributed by atoms with Crippen LogP contribution in [0, 0.1) is 27.7 Å². The maximum Gasteiger partial charge on any atom is 0.338 e. The second kappa shape index (κ2) is 10.2. The third kappa shape index (κ3) is 5.16. The molecule has 0 saturated carbocycles. The molecule has 174 valence electrons. The number of methoxy groups -OCH3 is 1. The van der Waals surface area contributed by atoms with Crippen LogP contribution < -0.4 is 9.47 Å². The number of carbonyl (C=O) groups is 2. The van der Waals surface area contributed by atoms with Crippen molar-refractivity contribution in [2.45, 2.75) is 40.8 Å². The van der Waals surface area contributed by atoms with Crippen LogP contribution in [0.25, 0.3) is 0 Å². The molecule has 0 radical (unpaired) electrons. The first kappa shape index (κ1) is 23.8. The summed E-state index contributed by atoms with van der Waals surface area (Å²) >= 11 is 0. The lowest BCUT2D eigenvalue weighted by atomic mass is 10.1. The Kier molecular flexibility index (Phi) is 7.37. The van der Waals surface area contributed by atoms with Gasteiger partial charge >= 0.3 is 5.97 Å². The van der Waals surface area contributed by atoms with E-state index < -0.39 is 5.97 Å². The molecule has 0 atom stereocenters. The largest absolute Gasteiger partial charge is 0.493 e. The van der Waals surface area contributed by atoms with Crippen LogP contribution in [0.5, 0.6) is 11.5 Å². The minimum absolute atomic E-state index is 0.250. The van der Waals surface area contributed by atoms with E-state index in [-0.39, 0.29) is 24.6 Å². The molecule has 0 unspecified atom stereocenters. The summed E-state index contributed by atoms with van der Waals surface area (Å²) in [5.41, 5.74) is 4.14. The molecule has 33 heavy (non-hydrogen) atoms. The Hall–Kier alpha value is -3.81. The Balaban J connectivity index is 1.66. The molecule has 8 nitrogen and oxygen atoms in total. The maximum absolute atomic E-state index is 12.6. The molecule has 3 aromatic rings. The molecule has 0 N–H and O–H groups in total. The molecule has 0 bridgehead atoms. The molecule has 0 saturated heterocycles. The van der Waals surface area contributed by atoms with Crippen molar-refractivity contribution in [1.29, 1.82) is 0 Å². The van der Waals surface area contributed by atoms with E-state index in [2.05, 4.69) is 11.7 Å². The second-order valence-corrected chi connectivity index (χ2v) is 7.64. The van der Waals surface area contributed by atoms with Crippen LogP contribution in [0.15, 0.2) is 41.4 Å². The summed E-state index contributed by atoms with van der Waals surface area (Å²) < 4.78 is 23.6. The van der Waals surface area contributed by atoms with Crippen molar-refractivity contribution in [2.24, 2.45) is 0 Å². The van der Waals surface area contributed by atoms with E-state index in [1.807, 2.05) is 32.3 Å². The molecule has 2 heterocycles. The zero-order valence-electron chi connectivity index (χ0n) is 19.6. The molecule has 2 aromatic heterocycles.